The highest BCUT2D eigenvalue weighted by molar-refractivity contribution is 6.04. The zero-order chi connectivity index (χ0) is 19.3. The number of ether oxygens (including phenoxy) is 1. The van der Waals surface area contributed by atoms with E-state index in [2.05, 4.69) is 20.2 Å². The Morgan fingerprint density at radius 3 is 2.46 bits per heavy atom. The molecule has 2 N–H and O–H groups in total. The molecule has 7 nitrogen and oxygen atoms in total. The first-order valence-corrected chi connectivity index (χ1v) is 9.08. The fourth-order valence-electron chi connectivity index (χ4n) is 3.13. The molecule has 0 atom stereocenters. The van der Waals surface area contributed by atoms with E-state index in [9.17, 15) is 9.59 Å². The van der Waals surface area contributed by atoms with Crippen LogP contribution in [0.25, 0.3) is 11.1 Å². The van der Waals surface area contributed by atoms with Gasteiger partial charge in [0, 0.05) is 48.5 Å². The van der Waals surface area contributed by atoms with Crippen LogP contribution in [0.4, 0.5) is 11.4 Å². The maximum atomic E-state index is 12.6. The molecule has 4 rings (SSSR count). The highest BCUT2D eigenvalue weighted by Crippen LogP contribution is 2.20. The molecule has 1 amide bonds. The quantitative estimate of drug-likeness (QED) is 0.731. The first kappa shape index (κ1) is 17.9. The molecule has 3 aromatic rings. The standard InChI is InChI=1S/C21H20N4O3/c26-20(16-1-3-18(4-2-16)25-9-11-28-12-10-25)24-19-13-17(14-23-21(19)27)15-5-7-22-8-6-15/h1-8,13-14H,9-12H2,(H,23,27)(H,24,26). The van der Waals surface area contributed by atoms with Crippen LogP contribution in [0.3, 0.4) is 0 Å². The molecule has 1 aromatic carbocycles. The molecule has 28 heavy (non-hydrogen) atoms. The normalized spacial score (nSPS) is 13.9. The van der Waals surface area contributed by atoms with Gasteiger partial charge in [-0.25, -0.2) is 0 Å². The predicted octanol–water partition coefficient (Wildman–Crippen LogP) is 2.53. The van der Waals surface area contributed by atoms with Gasteiger partial charge in [-0.05, 0) is 48.0 Å². The summed E-state index contributed by atoms with van der Waals surface area (Å²) in [6.07, 6.45) is 4.97. The summed E-state index contributed by atoms with van der Waals surface area (Å²) in [5, 5.41) is 2.70. The van der Waals surface area contributed by atoms with Crippen molar-refractivity contribution in [3.63, 3.8) is 0 Å². The van der Waals surface area contributed by atoms with E-state index in [4.69, 9.17) is 4.74 Å². The summed E-state index contributed by atoms with van der Waals surface area (Å²) in [5.41, 5.74) is 3.09. The van der Waals surface area contributed by atoms with Crippen LogP contribution in [0.2, 0.25) is 0 Å². The summed E-state index contributed by atoms with van der Waals surface area (Å²) < 4.78 is 5.36. The molecule has 142 valence electrons. The highest BCUT2D eigenvalue weighted by atomic mass is 16.5. The number of carbonyl (C=O) groups is 1. The zero-order valence-corrected chi connectivity index (χ0v) is 15.2. The van der Waals surface area contributed by atoms with Gasteiger partial charge in [-0.15, -0.1) is 0 Å². The van der Waals surface area contributed by atoms with Gasteiger partial charge in [-0.1, -0.05) is 0 Å². The number of hydrogen-bond donors (Lipinski definition) is 2. The number of pyridine rings is 2. The molecule has 3 heterocycles. The Hall–Kier alpha value is -3.45. The van der Waals surface area contributed by atoms with Gasteiger partial charge >= 0.3 is 0 Å². The van der Waals surface area contributed by atoms with E-state index in [-0.39, 0.29) is 17.2 Å². The van der Waals surface area contributed by atoms with Crippen molar-refractivity contribution < 1.29 is 9.53 Å². The molecule has 0 unspecified atom stereocenters. The Morgan fingerprint density at radius 1 is 1.04 bits per heavy atom. The van der Waals surface area contributed by atoms with Gasteiger partial charge in [0.15, 0.2) is 0 Å². The van der Waals surface area contributed by atoms with E-state index in [1.165, 1.54) is 0 Å². The lowest BCUT2D eigenvalue weighted by Gasteiger charge is -2.28. The summed E-state index contributed by atoms with van der Waals surface area (Å²) in [5.74, 6) is -0.328. The van der Waals surface area contributed by atoms with Crippen molar-refractivity contribution in [2.45, 2.75) is 0 Å². The Labute approximate surface area is 162 Å². The fourth-order valence-corrected chi connectivity index (χ4v) is 3.13. The number of rotatable bonds is 4. The lowest BCUT2D eigenvalue weighted by atomic mass is 10.1. The molecule has 1 aliphatic heterocycles. The zero-order valence-electron chi connectivity index (χ0n) is 15.2. The molecule has 0 saturated carbocycles. The average Bonchev–Trinajstić information content (AvgIpc) is 2.76. The minimum atomic E-state index is -0.351. The maximum absolute atomic E-state index is 12.6. The molecule has 1 saturated heterocycles. The number of nitrogens with one attached hydrogen (secondary N) is 2. The van der Waals surface area contributed by atoms with Crippen LogP contribution in [-0.2, 0) is 4.74 Å². The molecule has 0 spiro atoms. The maximum Gasteiger partial charge on any atom is 0.271 e. The number of aromatic nitrogens is 2. The van der Waals surface area contributed by atoms with E-state index >= 15 is 0 Å². The van der Waals surface area contributed by atoms with E-state index in [0.29, 0.717) is 18.8 Å². The van der Waals surface area contributed by atoms with E-state index < -0.39 is 0 Å². The molecule has 0 bridgehead atoms. The van der Waals surface area contributed by atoms with Gasteiger partial charge in [0.2, 0.25) is 0 Å². The number of morpholine rings is 1. The van der Waals surface area contributed by atoms with Crippen molar-refractivity contribution in [1.29, 1.82) is 0 Å². The van der Waals surface area contributed by atoms with E-state index in [0.717, 1.165) is 29.9 Å². The molecule has 0 aliphatic carbocycles. The number of anilines is 2. The van der Waals surface area contributed by atoms with Crippen molar-refractivity contribution in [2.75, 3.05) is 36.5 Å². The minimum Gasteiger partial charge on any atom is -0.378 e. The third kappa shape index (κ3) is 3.94. The van der Waals surface area contributed by atoms with Crippen LogP contribution >= 0.6 is 0 Å². The van der Waals surface area contributed by atoms with Crippen LogP contribution in [0.5, 0.6) is 0 Å². The first-order valence-electron chi connectivity index (χ1n) is 9.08. The Balaban J connectivity index is 1.51. The van der Waals surface area contributed by atoms with Gasteiger partial charge in [0.05, 0.1) is 13.2 Å². The van der Waals surface area contributed by atoms with Crippen LogP contribution in [0.1, 0.15) is 10.4 Å². The van der Waals surface area contributed by atoms with Crippen molar-refractivity contribution in [3.8, 4) is 11.1 Å². The SMILES string of the molecule is O=C(Nc1cc(-c2ccncc2)c[nH]c1=O)c1ccc(N2CCOCC2)cc1. The second-order valence-corrected chi connectivity index (χ2v) is 6.47. The summed E-state index contributed by atoms with van der Waals surface area (Å²) in [6, 6.07) is 12.7. The van der Waals surface area contributed by atoms with E-state index in [1.54, 1.807) is 36.8 Å². The second-order valence-electron chi connectivity index (χ2n) is 6.47. The number of H-pyrrole nitrogens is 1. The summed E-state index contributed by atoms with van der Waals surface area (Å²) in [7, 11) is 0. The Kier molecular flexibility index (Phi) is 5.16. The largest absolute Gasteiger partial charge is 0.378 e. The number of aromatic amines is 1. The van der Waals surface area contributed by atoms with Crippen molar-refractivity contribution in [3.05, 3.63) is 77.0 Å². The van der Waals surface area contributed by atoms with Crippen molar-refractivity contribution in [2.24, 2.45) is 0 Å². The summed E-state index contributed by atoms with van der Waals surface area (Å²) in [4.78, 5) is 33.6. The number of nitrogens with zero attached hydrogens (tertiary/aromatic N) is 2. The van der Waals surface area contributed by atoms with Crippen LogP contribution in [0.15, 0.2) is 65.8 Å². The van der Waals surface area contributed by atoms with Gasteiger partial charge in [0.25, 0.3) is 11.5 Å². The average molecular weight is 376 g/mol. The highest BCUT2D eigenvalue weighted by Gasteiger charge is 2.13. The van der Waals surface area contributed by atoms with Crippen LogP contribution in [0, 0.1) is 0 Å². The Bertz CT molecular complexity index is 1010. The van der Waals surface area contributed by atoms with E-state index in [1.807, 2.05) is 24.3 Å². The predicted molar refractivity (Wildman–Crippen MR) is 108 cm³/mol. The van der Waals surface area contributed by atoms with Gasteiger partial charge in [0.1, 0.15) is 5.69 Å². The monoisotopic (exact) mass is 376 g/mol. The smallest absolute Gasteiger partial charge is 0.271 e. The number of benzene rings is 1. The number of amides is 1. The molecule has 1 fully saturated rings. The summed E-state index contributed by atoms with van der Waals surface area (Å²) >= 11 is 0. The number of carbonyl (C=O) groups excluding carboxylic acids is 1. The molecule has 1 aliphatic rings. The van der Waals surface area contributed by atoms with Crippen LogP contribution in [-0.4, -0.2) is 42.2 Å². The topological polar surface area (TPSA) is 87.3 Å². The van der Waals surface area contributed by atoms with Crippen molar-refractivity contribution in [1.82, 2.24) is 9.97 Å². The minimum absolute atomic E-state index is 0.205. The number of hydrogen-bond acceptors (Lipinski definition) is 5. The Morgan fingerprint density at radius 2 is 1.75 bits per heavy atom. The molecule has 0 radical (unpaired) electrons. The lowest BCUT2D eigenvalue weighted by molar-refractivity contribution is 0.102. The lowest BCUT2D eigenvalue weighted by Crippen LogP contribution is -2.36. The second kappa shape index (κ2) is 8.06. The molecular formula is C21H20N4O3. The molecule has 2 aromatic heterocycles. The van der Waals surface area contributed by atoms with Crippen LogP contribution < -0.4 is 15.8 Å². The molecular weight excluding hydrogens is 356 g/mol. The fraction of sp³-hybridized carbons (Fsp3) is 0.190. The van der Waals surface area contributed by atoms with Gasteiger partial charge < -0.3 is 19.9 Å². The molecule has 7 heteroatoms. The van der Waals surface area contributed by atoms with Crippen molar-refractivity contribution >= 4 is 17.3 Å². The van der Waals surface area contributed by atoms with Gasteiger partial charge in [-0.3, -0.25) is 14.6 Å². The third-order valence-corrected chi connectivity index (χ3v) is 4.67. The first-order chi connectivity index (χ1) is 13.7. The third-order valence-electron chi connectivity index (χ3n) is 4.67. The van der Waals surface area contributed by atoms with Gasteiger partial charge in [-0.2, -0.15) is 0 Å². The summed E-state index contributed by atoms with van der Waals surface area (Å²) in [6.45, 7) is 3.09.